The van der Waals surface area contributed by atoms with Crippen molar-refractivity contribution in [2.24, 2.45) is 0 Å². The Morgan fingerprint density at radius 1 is 1.17 bits per heavy atom. The molecule has 0 heterocycles. The highest BCUT2D eigenvalue weighted by Gasteiger charge is 2.05. The molecule has 0 radical (unpaired) electrons. The number of hydrogen-bond donors (Lipinski definition) is 2. The van der Waals surface area contributed by atoms with Gasteiger partial charge in [-0.2, -0.15) is 0 Å². The predicted molar refractivity (Wildman–Crippen MR) is 71.9 cm³/mol. The van der Waals surface area contributed by atoms with E-state index in [4.69, 9.17) is 5.11 Å². The Morgan fingerprint density at radius 3 is 2.56 bits per heavy atom. The Balaban J connectivity index is 2.13. The molecule has 0 atom stereocenters. The molecular weight excluding hydrogens is 226 g/mol. The van der Waals surface area contributed by atoms with Crippen molar-refractivity contribution in [3.05, 3.63) is 59.7 Å². The molecule has 0 fully saturated rings. The number of phenols is 1. The summed E-state index contributed by atoms with van der Waals surface area (Å²) >= 11 is 0. The lowest BCUT2D eigenvalue weighted by atomic mass is 10.1. The van der Waals surface area contributed by atoms with Gasteiger partial charge in [0.15, 0.2) is 0 Å². The SMILES string of the molecule is CCc1cccc(NC(=O)c2ccc(O)cc2)c1. The summed E-state index contributed by atoms with van der Waals surface area (Å²) in [5.74, 6) is -0.0252. The van der Waals surface area contributed by atoms with Crippen molar-refractivity contribution in [3.8, 4) is 5.75 Å². The molecule has 2 rings (SSSR count). The first-order valence-corrected chi connectivity index (χ1v) is 5.88. The smallest absolute Gasteiger partial charge is 0.255 e. The minimum Gasteiger partial charge on any atom is -0.508 e. The number of rotatable bonds is 3. The van der Waals surface area contributed by atoms with E-state index in [0.29, 0.717) is 5.56 Å². The van der Waals surface area contributed by atoms with Gasteiger partial charge >= 0.3 is 0 Å². The lowest BCUT2D eigenvalue weighted by Crippen LogP contribution is -2.11. The van der Waals surface area contributed by atoms with Crippen LogP contribution in [0.1, 0.15) is 22.8 Å². The van der Waals surface area contributed by atoms with Gasteiger partial charge in [-0.15, -0.1) is 0 Å². The Kier molecular flexibility index (Phi) is 3.63. The summed E-state index contributed by atoms with van der Waals surface area (Å²) in [7, 11) is 0. The number of aromatic hydroxyl groups is 1. The summed E-state index contributed by atoms with van der Waals surface area (Å²) in [5.41, 5.74) is 2.49. The molecule has 0 saturated carbocycles. The summed E-state index contributed by atoms with van der Waals surface area (Å²) in [6.07, 6.45) is 0.933. The van der Waals surface area contributed by atoms with Crippen molar-refractivity contribution in [1.29, 1.82) is 0 Å². The maximum atomic E-state index is 11.9. The van der Waals surface area contributed by atoms with Gasteiger partial charge < -0.3 is 10.4 Å². The van der Waals surface area contributed by atoms with Gasteiger partial charge in [-0.1, -0.05) is 19.1 Å². The summed E-state index contributed by atoms with van der Waals surface area (Å²) in [6.45, 7) is 2.07. The normalized spacial score (nSPS) is 10.1. The first-order valence-electron chi connectivity index (χ1n) is 5.88. The van der Waals surface area contributed by atoms with E-state index in [2.05, 4.69) is 12.2 Å². The molecule has 0 bridgehead atoms. The van der Waals surface area contributed by atoms with Crippen LogP contribution < -0.4 is 5.32 Å². The van der Waals surface area contributed by atoms with E-state index in [0.717, 1.165) is 12.1 Å². The second-order valence-corrected chi connectivity index (χ2v) is 4.05. The molecule has 0 aliphatic heterocycles. The van der Waals surface area contributed by atoms with Gasteiger partial charge in [0, 0.05) is 11.3 Å². The fourth-order valence-electron chi connectivity index (χ4n) is 1.69. The maximum absolute atomic E-state index is 11.9. The zero-order valence-electron chi connectivity index (χ0n) is 10.2. The van der Waals surface area contributed by atoms with Crippen LogP contribution in [-0.2, 0) is 6.42 Å². The fourth-order valence-corrected chi connectivity index (χ4v) is 1.69. The fraction of sp³-hybridized carbons (Fsp3) is 0.133. The molecule has 3 heteroatoms. The van der Waals surface area contributed by atoms with Gasteiger partial charge in [0.1, 0.15) is 5.75 Å². The number of phenolic OH excluding ortho intramolecular Hbond substituents is 1. The highest BCUT2D eigenvalue weighted by molar-refractivity contribution is 6.04. The Hall–Kier alpha value is -2.29. The van der Waals surface area contributed by atoms with Crippen molar-refractivity contribution in [2.45, 2.75) is 13.3 Å². The van der Waals surface area contributed by atoms with E-state index < -0.39 is 0 Å². The van der Waals surface area contributed by atoms with Crippen LogP contribution in [-0.4, -0.2) is 11.0 Å². The maximum Gasteiger partial charge on any atom is 0.255 e. The van der Waals surface area contributed by atoms with Crippen LogP contribution in [0.3, 0.4) is 0 Å². The van der Waals surface area contributed by atoms with Crippen LogP contribution in [0.5, 0.6) is 5.75 Å². The van der Waals surface area contributed by atoms with Crippen LogP contribution in [0.2, 0.25) is 0 Å². The zero-order valence-corrected chi connectivity index (χ0v) is 10.2. The first kappa shape index (κ1) is 12.2. The molecule has 2 aromatic rings. The van der Waals surface area contributed by atoms with Gasteiger partial charge in [-0.25, -0.2) is 0 Å². The van der Waals surface area contributed by atoms with Gasteiger partial charge in [0.05, 0.1) is 0 Å². The summed E-state index contributed by atoms with van der Waals surface area (Å²) in [5, 5.41) is 12.0. The monoisotopic (exact) mass is 241 g/mol. The molecule has 0 aliphatic rings. The van der Waals surface area contributed by atoms with Crippen molar-refractivity contribution in [3.63, 3.8) is 0 Å². The highest BCUT2D eigenvalue weighted by atomic mass is 16.3. The van der Waals surface area contributed by atoms with Crippen LogP contribution in [0, 0.1) is 0 Å². The average Bonchev–Trinajstić information content (AvgIpc) is 2.39. The molecule has 0 unspecified atom stereocenters. The average molecular weight is 241 g/mol. The van der Waals surface area contributed by atoms with Gasteiger partial charge in [-0.3, -0.25) is 4.79 Å². The molecule has 92 valence electrons. The Bertz CT molecular complexity index is 547. The number of aryl methyl sites for hydroxylation is 1. The van der Waals surface area contributed by atoms with Crippen LogP contribution >= 0.6 is 0 Å². The van der Waals surface area contributed by atoms with Crippen molar-refractivity contribution in [2.75, 3.05) is 5.32 Å². The molecule has 0 saturated heterocycles. The quantitative estimate of drug-likeness (QED) is 0.866. The molecular formula is C15H15NO2. The predicted octanol–water partition coefficient (Wildman–Crippen LogP) is 3.21. The molecule has 0 aromatic heterocycles. The molecule has 2 aromatic carbocycles. The Labute approximate surface area is 106 Å². The van der Waals surface area contributed by atoms with Gasteiger partial charge in [0.25, 0.3) is 5.91 Å². The zero-order chi connectivity index (χ0) is 13.0. The molecule has 3 nitrogen and oxygen atoms in total. The van der Waals surface area contributed by atoms with E-state index in [1.165, 1.54) is 17.7 Å². The van der Waals surface area contributed by atoms with Gasteiger partial charge in [0.2, 0.25) is 0 Å². The van der Waals surface area contributed by atoms with E-state index >= 15 is 0 Å². The number of hydrogen-bond acceptors (Lipinski definition) is 2. The minimum atomic E-state index is -0.178. The third kappa shape index (κ3) is 2.88. The number of anilines is 1. The highest BCUT2D eigenvalue weighted by Crippen LogP contribution is 2.14. The van der Waals surface area contributed by atoms with Crippen molar-refractivity contribution in [1.82, 2.24) is 0 Å². The second-order valence-electron chi connectivity index (χ2n) is 4.05. The number of nitrogens with one attached hydrogen (secondary N) is 1. The van der Waals surface area contributed by atoms with E-state index in [1.807, 2.05) is 24.3 Å². The lowest BCUT2D eigenvalue weighted by Gasteiger charge is -2.06. The third-order valence-electron chi connectivity index (χ3n) is 2.72. The number of amides is 1. The molecule has 1 amide bonds. The standard InChI is InChI=1S/C15H15NO2/c1-2-11-4-3-5-13(10-11)16-15(18)12-6-8-14(17)9-7-12/h3-10,17H,2H2,1H3,(H,16,18). The number of carbonyl (C=O) groups is 1. The molecule has 0 aliphatic carbocycles. The van der Waals surface area contributed by atoms with Crippen molar-refractivity contribution < 1.29 is 9.90 Å². The van der Waals surface area contributed by atoms with Gasteiger partial charge in [-0.05, 0) is 48.4 Å². The summed E-state index contributed by atoms with van der Waals surface area (Å²) in [4.78, 5) is 11.9. The first-order chi connectivity index (χ1) is 8.69. The van der Waals surface area contributed by atoms with Crippen LogP contribution in [0.15, 0.2) is 48.5 Å². The van der Waals surface area contributed by atoms with E-state index in [9.17, 15) is 4.79 Å². The lowest BCUT2D eigenvalue weighted by molar-refractivity contribution is 0.102. The third-order valence-corrected chi connectivity index (χ3v) is 2.72. The number of benzene rings is 2. The summed E-state index contributed by atoms with van der Waals surface area (Å²) < 4.78 is 0. The van der Waals surface area contributed by atoms with Crippen LogP contribution in [0.25, 0.3) is 0 Å². The largest absolute Gasteiger partial charge is 0.508 e. The Morgan fingerprint density at radius 2 is 1.89 bits per heavy atom. The summed E-state index contributed by atoms with van der Waals surface area (Å²) in [6, 6.07) is 13.9. The molecule has 0 spiro atoms. The topological polar surface area (TPSA) is 49.3 Å². The molecule has 18 heavy (non-hydrogen) atoms. The van der Waals surface area contributed by atoms with E-state index in [-0.39, 0.29) is 11.7 Å². The number of carbonyl (C=O) groups excluding carboxylic acids is 1. The van der Waals surface area contributed by atoms with E-state index in [1.54, 1.807) is 12.1 Å². The van der Waals surface area contributed by atoms with Crippen molar-refractivity contribution >= 4 is 11.6 Å². The minimum absolute atomic E-state index is 0.152. The van der Waals surface area contributed by atoms with Crippen LogP contribution in [0.4, 0.5) is 5.69 Å². The second kappa shape index (κ2) is 5.36. The molecule has 2 N–H and O–H groups in total.